The van der Waals surface area contributed by atoms with Crippen molar-refractivity contribution in [2.45, 2.75) is 103 Å². The molecular weight excluding hydrogens is 840 g/mol. The van der Waals surface area contributed by atoms with Gasteiger partial charge in [-0.25, -0.2) is 9.97 Å². The first-order valence-corrected chi connectivity index (χ1v) is 20.3. The summed E-state index contributed by atoms with van der Waals surface area (Å²) in [6.45, 7) is 0. The van der Waals surface area contributed by atoms with Crippen molar-refractivity contribution in [3.05, 3.63) is 69.3 Å². The molecule has 20 heteroatoms. The number of hydrogen-bond acceptors (Lipinski definition) is 10. The molecule has 0 radical (unpaired) electrons. The fourth-order valence-corrected chi connectivity index (χ4v) is 8.02. The highest BCUT2D eigenvalue weighted by molar-refractivity contribution is 5.98. The Morgan fingerprint density at radius 3 is 0.750 bits per heavy atom. The average molecular weight is 887 g/mol. The van der Waals surface area contributed by atoms with Gasteiger partial charge in [-0.1, -0.05) is 0 Å². The van der Waals surface area contributed by atoms with Crippen LogP contribution in [-0.2, 0) is 64.0 Å². The van der Waals surface area contributed by atoms with Crippen LogP contribution >= 0.6 is 0 Å². The Hall–Kier alpha value is -7.64. The number of H-pyrrole nitrogens is 2. The Labute approximate surface area is 362 Å². The highest BCUT2D eigenvalue weighted by Crippen LogP contribution is 2.41. The third-order valence-electron chi connectivity index (χ3n) is 10.8. The molecule has 338 valence electrons. The summed E-state index contributed by atoms with van der Waals surface area (Å²) in [4.78, 5) is 112. The molecule has 0 saturated heterocycles. The summed E-state index contributed by atoms with van der Waals surface area (Å²) in [7, 11) is 0. The predicted octanol–water partition coefficient (Wildman–Crippen LogP) is 5.66. The van der Waals surface area contributed by atoms with Crippen molar-refractivity contribution in [3.8, 4) is 0 Å². The van der Waals surface area contributed by atoms with Gasteiger partial charge in [0.05, 0.1) is 22.8 Å². The molecule has 20 nitrogen and oxygen atoms in total. The zero-order valence-electron chi connectivity index (χ0n) is 34.4. The number of aromatic nitrogens is 4. The van der Waals surface area contributed by atoms with Crippen molar-refractivity contribution >= 4 is 92.1 Å². The Bertz CT molecular complexity index is 2490. The van der Waals surface area contributed by atoms with E-state index in [0.717, 1.165) is 0 Å². The van der Waals surface area contributed by atoms with Crippen LogP contribution in [0.5, 0.6) is 0 Å². The molecule has 0 saturated carbocycles. The van der Waals surface area contributed by atoms with Gasteiger partial charge in [-0.15, -0.1) is 0 Å². The van der Waals surface area contributed by atoms with Crippen LogP contribution in [0.25, 0.3) is 44.4 Å². The van der Waals surface area contributed by atoms with Gasteiger partial charge in [0.25, 0.3) is 0 Å². The Kier molecular flexibility index (Phi) is 15.5. The van der Waals surface area contributed by atoms with Crippen LogP contribution in [0.3, 0.4) is 0 Å². The second kappa shape index (κ2) is 21.0. The van der Waals surface area contributed by atoms with E-state index in [4.69, 9.17) is 9.97 Å². The minimum Gasteiger partial charge on any atom is -0.481 e. The van der Waals surface area contributed by atoms with E-state index in [1.54, 1.807) is 6.07 Å². The molecule has 2 aliphatic heterocycles. The topological polar surface area (TPSA) is 356 Å². The Balaban J connectivity index is 2.08. The van der Waals surface area contributed by atoms with E-state index in [0.29, 0.717) is 44.5 Å². The first kappa shape index (κ1) is 47.4. The van der Waals surface area contributed by atoms with Gasteiger partial charge >= 0.3 is 47.8 Å². The molecule has 5 heterocycles. The maximum absolute atomic E-state index is 12.0. The van der Waals surface area contributed by atoms with E-state index in [2.05, 4.69) is 9.97 Å². The summed E-state index contributed by atoms with van der Waals surface area (Å²) in [6, 6.07) is 6.09. The molecular formula is C44H46N4O16. The third kappa shape index (κ3) is 12.3. The lowest BCUT2D eigenvalue weighted by molar-refractivity contribution is -0.138. The highest BCUT2D eigenvalue weighted by Gasteiger charge is 2.27. The van der Waals surface area contributed by atoms with Gasteiger partial charge in [-0.05, 0) is 120 Å². The van der Waals surface area contributed by atoms with Crippen LogP contribution < -0.4 is 0 Å². The highest BCUT2D eigenvalue weighted by atomic mass is 16.4. The van der Waals surface area contributed by atoms with E-state index in [1.165, 1.54) is 18.2 Å². The van der Waals surface area contributed by atoms with Gasteiger partial charge in [0, 0.05) is 73.4 Å². The minimum absolute atomic E-state index is 0.119. The van der Waals surface area contributed by atoms with E-state index in [-0.39, 0.29) is 96.2 Å². The molecule has 10 N–H and O–H groups in total. The molecule has 8 bridgehead atoms. The number of rotatable bonds is 24. The number of hydrogen-bond donors (Lipinski definition) is 10. The molecule has 0 spiro atoms. The first-order valence-electron chi connectivity index (χ1n) is 20.3. The van der Waals surface area contributed by atoms with Crippen molar-refractivity contribution in [2.24, 2.45) is 0 Å². The Morgan fingerprint density at radius 2 is 0.516 bits per heavy atom. The number of nitrogens with one attached hydrogen (secondary N) is 2. The van der Waals surface area contributed by atoms with Gasteiger partial charge in [0.1, 0.15) is 0 Å². The zero-order valence-corrected chi connectivity index (χ0v) is 34.4. The van der Waals surface area contributed by atoms with Gasteiger partial charge in [-0.2, -0.15) is 0 Å². The number of allylic oxidation sites excluding steroid dienone is 4. The normalized spacial score (nSPS) is 12.4. The van der Waals surface area contributed by atoms with E-state index >= 15 is 0 Å². The second-order valence-electron chi connectivity index (χ2n) is 15.2. The number of carboxylic acids is 8. The van der Waals surface area contributed by atoms with Crippen LogP contribution in [0, 0.1) is 0 Å². The zero-order chi connectivity index (χ0) is 46.8. The van der Waals surface area contributed by atoms with Crippen molar-refractivity contribution in [1.29, 1.82) is 0 Å². The van der Waals surface area contributed by atoms with E-state index in [1.807, 2.05) is 0 Å². The summed E-state index contributed by atoms with van der Waals surface area (Å²) < 4.78 is 0. The molecule has 5 rings (SSSR count). The van der Waals surface area contributed by atoms with Crippen LogP contribution in [0.1, 0.15) is 122 Å². The number of aryl methyl sites for hydroxylation is 4. The molecule has 0 aromatic carbocycles. The standard InChI is InChI=1S/C44H46N4O16/c49-37(50)9-1-21-22(2-10-38(51)52)30-18-32-25(5-13-41(57)58)26(6-14-42(59)60)34(47-32)20-36-28(8-16-44(63)64)27(7-15-43(61)62)35(48-36)19-33-24(4-12-40(55)56)23(3-11-39(53)54)31(46-33)17-29(21)45-30/h17-20,45-46H,1-16H2,(H,49,50)(H,51,52)(H,53,54)(H,55,56)(H,57,58)(H,59,60)(H,61,62)(H,63,64). The fraction of sp³-hybridized carbons (Fsp3) is 0.364. The first-order chi connectivity index (χ1) is 30.3. The summed E-state index contributed by atoms with van der Waals surface area (Å²) >= 11 is 0. The van der Waals surface area contributed by atoms with Crippen LogP contribution in [-0.4, -0.2) is 109 Å². The smallest absolute Gasteiger partial charge is 0.303 e. The second-order valence-corrected chi connectivity index (χ2v) is 15.2. The van der Waals surface area contributed by atoms with Crippen LogP contribution in [0.2, 0.25) is 0 Å². The van der Waals surface area contributed by atoms with Gasteiger partial charge in [0.2, 0.25) is 0 Å². The van der Waals surface area contributed by atoms with Crippen molar-refractivity contribution in [1.82, 2.24) is 19.9 Å². The summed E-state index contributed by atoms with van der Waals surface area (Å²) in [6.07, 6.45) is -4.35. The van der Waals surface area contributed by atoms with E-state index < -0.39 is 99.1 Å². The molecule has 0 amide bonds. The number of aliphatic carboxylic acids is 8. The lowest BCUT2D eigenvalue weighted by Crippen LogP contribution is -2.02. The third-order valence-corrected chi connectivity index (χ3v) is 10.8. The van der Waals surface area contributed by atoms with Crippen LogP contribution in [0.4, 0.5) is 0 Å². The SMILES string of the molecule is O=C(O)CCC1=C(CCC(=O)O)c2cc3[nH]c(cc4[nH]c(cc5nc(cc1n2)C(CCC(=O)O)=C5CCC(=O)O)c(CCC(=O)O)c4CCC(=O)O)c(CCC(=O)O)c3CCC(=O)O. The monoisotopic (exact) mass is 886 g/mol. The molecule has 0 atom stereocenters. The van der Waals surface area contributed by atoms with Crippen molar-refractivity contribution < 1.29 is 79.2 Å². The quantitative estimate of drug-likeness (QED) is 0.0518. The van der Waals surface area contributed by atoms with Gasteiger partial charge in [-0.3, -0.25) is 38.4 Å². The average Bonchev–Trinajstić information content (AvgIpc) is 3.90. The molecule has 0 unspecified atom stereocenters. The fourth-order valence-electron chi connectivity index (χ4n) is 8.02. The molecule has 3 aromatic rings. The Morgan fingerprint density at radius 1 is 0.312 bits per heavy atom. The number of fused-ring (bicyclic) bond motifs is 8. The van der Waals surface area contributed by atoms with Gasteiger partial charge in [0.15, 0.2) is 0 Å². The molecule has 64 heavy (non-hydrogen) atoms. The minimum atomic E-state index is -1.18. The maximum atomic E-state index is 12.0. The number of carbonyl (C=O) groups is 8. The van der Waals surface area contributed by atoms with E-state index in [9.17, 15) is 79.2 Å². The lowest BCUT2D eigenvalue weighted by atomic mass is 9.94. The number of nitrogens with zero attached hydrogens (tertiary/aromatic N) is 2. The summed E-state index contributed by atoms with van der Waals surface area (Å²) in [5.41, 5.74) is 4.50. The number of aromatic amines is 2. The van der Waals surface area contributed by atoms with Crippen molar-refractivity contribution in [2.75, 3.05) is 0 Å². The molecule has 0 fully saturated rings. The molecule has 3 aromatic heterocycles. The summed E-state index contributed by atoms with van der Waals surface area (Å²) in [5, 5.41) is 78.2. The van der Waals surface area contributed by atoms with Crippen LogP contribution in [0.15, 0.2) is 24.3 Å². The maximum Gasteiger partial charge on any atom is 0.303 e. The van der Waals surface area contributed by atoms with Gasteiger partial charge < -0.3 is 50.8 Å². The van der Waals surface area contributed by atoms with Crippen molar-refractivity contribution in [3.63, 3.8) is 0 Å². The number of carboxylic acid groups (broad SMARTS) is 8. The lowest BCUT2D eigenvalue weighted by Gasteiger charge is -2.08. The largest absolute Gasteiger partial charge is 0.481 e. The molecule has 0 aliphatic carbocycles. The summed E-state index contributed by atoms with van der Waals surface area (Å²) in [5.74, 6) is -9.42. The predicted molar refractivity (Wildman–Crippen MR) is 226 cm³/mol. The molecule has 2 aliphatic rings.